The van der Waals surface area contributed by atoms with Gasteiger partial charge in [-0.15, -0.1) is 0 Å². The lowest BCUT2D eigenvalue weighted by Gasteiger charge is -2.24. The topological polar surface area (TPSA) is 204 Å². The zero-order valence-electron chi connectivity index (χ0n) is 21.3. The number of imidazole rings is 2. The molecule has 6 heterocycles. The summed E-state index contributed by atoms with van der Waals surface area (Å²) in [6.07, 6.45) is -0.323. The van der Waals surface area contributed by atoms with Gasteiger partial charge < -0.3 is 29.0 Å². The molecule has 0 aliphatic carbocycles. The van der Waals surface area contributed by atoms with Crippen molar-refractivity contribution in [1.82, 2.24) is 34.1 Å². The molecule has 2 aliphatic heterocycles. The third-order valence-electron chi connectivity index (χ3n) is 6.42. The number of aromatic nitrogens is 7. The molecule has 2 bridgehead atoms. The second kappa shape index (κ2) is 11.5. The molecule has 6 atom stereocenters. The van der Waals surface area contributed by atoms with Crippen molar-refractivity contribution in [2.24, 2.45) is 0 Å². The number of H-pyrrole nitrogens is 1. The minimum atomic E-state index is -4.29. The summed E-state index contributed by atoms with van der Waals surface area (Å²) in [7, 11) is 0. The molecule has 42 heavy (non-hydrogen) atoms. The number of thiol groups is 1. The Morgan fingerprint density at radius 3 is 2.81 bits per heavy atom. The highest BCUT2D eigenvalue weighted by atomic mass is 32.7. The molecular weight excluding hydrogens is 637 g/mol. The van der Waals surface area contributed by atoms with Crippen LogP contribution in [0.5, 0.6) is 0 Å². The number of hydrogen-bond acceptors (Lipinski definition) is 13. The average Bonchev–Trinajstić information content (AvgIpc) is 3.63. The lowest BCUT2D eigenvalue weighted by Crippen LogP contribution is -2.32. The molecule has 0 amide bonds. The van der Waals surface area contributed by atoms with E-state index < -0.39 is 50.3 Å². The monoisotopic (exact) mass is 660 g/mol. The molecule has 6 rings (SSSR count). The molecule has 4 aromatic heterocycles. The van der Waals surface area contributed by atoms with Crippen molar-refractivity contribution in [2.45, 2.75) is 37.8 Å². The quantitative estimate of drug-likeness (QED) is 0.180. The fourth-order valence-corrected chi connectivity index (χ4v) is 7.00. The van der Waals surface area contributed by atoms with E-state index in [4.69, 9.17) is 40.4 Å². The van der Waals surface area contributed by atoms with Gasteiger partial charge in [0.15, 0.2) is 23.6 Å². The number of fused-ring (bicyclic) bond motifs is 4. The number of nitrogens with zero attached hydrogens (tertiary/aromatic N) is 6. The predicted octanol–water partition coefficient (Wildman–Crippen LogP) is 2.10. The minimum Gasteiger partial charge on any atom is -0.369 e. The van der Waals surface area contributed by atoms with E-state index in [1.54, 1.807) is 35.3 Å². The summed E-state index contributed by atoms with van der Waals surface area (Å²) in [5.41, 5.74) is 6.20. The van der Waals surface area contributed by atoms with E-state index >= 15 is 4.39 Å². The van der Waals surface area contributed by atoms with Crippen molar-refractivity contribution in [3.05, 3.63) is 53.2 Å². The van der Waals surface area contributed by atoms with Crippen molar-refractivity contribution in [3.63, 3.8) is 0 Å². The molecule has 224 valence electrons. The Bertz CT molecular complexity index is 1770. The van der Waals surface area contributed by atoms with E-state index in [1.165, 1.54) is 10.9 Å². The molecular formula is C21H23FN8O8P2S2. The highest BCUT2D eigenvalue weighted by Crippen LogP contribution is 2.57. The van der Waals surface area contributed by atoms with Gasteiger partial charge in [-0.25, -0.2) is 18.9 Å². The number of alkyl halides is 1. The fourth-order valence-electron chi connectivity index (χ4n) is 4.50. The second-order valence-electron chi connectivity index (χ2n) is 9.17. The first kappa shape index (κ1) is 29.5. The van der Waals surface area contributed by atoms with Crippen LogP contribution in [0.3, 0.4) is 0 Å². The molecule has 21 heteroatoms. The maximum atomic E-state index is 15.9. The Labute approximate surface area is 246 Å². The fraction of sp³-hybridized carbons (Fsp3) is 0.381. The number of aromatic amines is 1. The van der Waals surface area contributed by atoms with Crippen LogP contribution in [0.2, 0.25) is 0 Å². The van der Waals surface area contributed by atoms with Gasteiger partial charge in [0.25, 0.3) is 5.56 Å². The highest BCUT2D eigenvalue weighted by Gasteiger charge is 2.51. The maximum Gasteiger partial charge on any atom is 0.387 e. The number of nitrogen functional groups attached to an aromatic ring is 1. The summed E-state index contributed by atoms with van der Waals surface area (Å²) in [6, 6.07) is 3.50. The van der Waals surface area contributed by atoms with Gasteiger partial charge in [0.05, 0.1) is 25.2 Å². The number of halogens is 1. The van der Waals surface area contributed by atoms with Gasteiger partial charge in [-0.05, 0) is 23.9 Å². The Morgan fingerprint density at radius 2 is 2.02 bits per heavy atom. The lowest BCUT2D eigenvalue weighted by atomic mass is 10.1. The number of rotatable bonds is 2. The van der Waals surface area contributed by atoms with Crippen LogP contribution in [0.25, 0.3) is 22.4 Å². The molecule has 0 spiro atoms. The lowest BCUT2D eigenvalue weighted by molar-refractivity contribution is -0.0453. The van der Waals surface area contributed by atoms with Crippen LogP contribution < -0.4 is 11.3 Å². The first-order valence-electron chi connectivity index (χ1n) is 12.3. The predicted molar refractivity (Wildman–Crippen MR) is 151 cm³/mol. The van der Waals surface area contributed by atoms with E-state index in [2.05, 4.69) is 37.2 Å². The number of pyridine rings is 1. The summed E-state index contributed by atoms with van der Waals surface area (Å²) in [5, 5.41) is 0. The van der Waals surface area contributed by atoms with Crippen molar-refractivity contribution in [1.29, 1.82) is 0 Å². The standard InChI is InChI=1S/C21H23FN8O8P2S2/c22-15-13-8-35-39(32,41)34-6-5-29-7-12(11-1-3-24-4-2-11)26-14(29)9-36-40(33,42)38-17(15)20(37-13)30-10-25-16-18(30)27-21(23)28-19(16)31/h1-4,7,10,13,15,17,20H,5-6,8-9H2,(H,32,41)(H,33,42)(H3,23,27,28,31)/t13-,15-,17-,20-,39?,40?/m1/s1. The summed E-state index contributed by atoms with van der Waals surface area (Å²) < 4.78 is 60.0. The molecule has 2 aliphatic rings. The van der Waals surface area contributed by atoms with E-state index in [-0.39, 0.29) is 36.9 Å². The number of hydrogen-bond donors (Lipinski definition) is 4. The van der Waals surface area contributed by atoms with Gasteiger partial charge >= 0.3 is 13.5 Å². The number of nitrogens with one attached hydrogen (secondary N) is 1. The highest BCUT2D eigenvalue weighted by molar-refractivity contribution is 8.44. The number of nitrogens with two attached hydrogens (primary N) is 1. The zero-order valence-corrected chi connectivity index (χ0v) is 24.8. The van der Waals surface area contributed by atoms with E-state index in [1.807, 2.05) is 0 Å². The first-order chi connectivity index (χ1) is 20.0. The second-order valence-corrected chi connectivity index (χ2v) is 14.9. The van der Waals surface area contributed by atoms with Gasteiger partial charge in [-0.1, -0.05) is 12.2 Å². The van der Waals surface area contributed by atoms with Gasteiger partial charge in [0.2, 0.25) is 5.95 Å². The number of anilines is 1. The summed E-state index contributed by atoms with van der Waals surface area (Å²) in [5.74, 6) is 0.0810. The largest absolute Gasteiger partial charge is 0.387 e. The third kappa shape index (κ3) is 6.07. The molecule has 16 nitrogen and oxygen atoms in total. The molecule has 4 aromatic rings. The molecule has 4 N–H and O–H groups in total. The Balaban J connectivity index is 1.35. The van der Waals surface area contributed by atoms with Crippen molar-refractivity contribution in [2.75, 3.05) is 18.9 Å². The van der Waals surface area contributed by atoms with Crippen LogP contribution in [-0.2, 0) is 52.4 Å². The zero-order chi connectivity index (χ0) is 29.6. The summed E-state index contributed by atoms with van der Waals surface area (Å²) in [6.45, 7) is -8.97. The van der Waals surface area contributed by atoms with Gasteiger partial charge in [0.1, 0.15) is 24.6 Å². The van der Waals surface area contributed by atoms with E-state index in [0.29, 0.717) is 11.5 Å². The van der Waals surface area contributed by atoms with Crippen LogP contribution >= 0.6 is 25.8 Å². The van der Waals surface area contributed by atoms with Crippen molar-refractivity contribution in [3.8, 4) is 11.3 Å². The summed E-state index contributed by atoms with van der Waals surface area (Å²) >= 11 is 9.19. The first-order valence-corrected chi connectivity index (χ1v) is 17.5. The normalized spacial score (nSPS) is 30.9. The number of ether oxygens (including phenoxy) is 1. The Kier molecular flexibility index (Phi) is 8.08. The molecule has 0 saturated carbocycles. The molecule has 0 radical (unpaired) electrons. The molecule has 1 fully saturated rings. The summed E-state index contributed by atoms with van der Waals surface area (Å²) in [4.78, 5) is 41.8. The van der Waals surface area contributed by atoms with Crippen LogP contribution in [0.4, 0.5) is 10.3 Å². The SMILES string of the molecule is Nc1nc2c(ncn2[C@@H]2O[C@@H]3COP(O)(=S)OCCn4cc(-c5ccncc5)nc4COP(=O)(S)O[C@@H]2[C@@H]3F)c(=O)[nH]1. The van der Waals surface area contributed by atoms with Crippen molar-refractivity contribution >= 4 is 54.7 Å². The third-order valence-corrected chi connectivity index (χ3v) is 9.64. The van der Waals surface area contributed by atoms with Gasteiger partial charge in [-0.2, -0.15) is 4.98 Å². The molecule has 1 saturated heterocycles. The Hall–Kier alpha value is -2.57. The smallest absolute Gasteiger partial charge is 0.369 e. The van der Waals surface area contributed by atoms with Crippen LogP contribution in [0.15, 0.2) is 41.8 Å². The van der Waals surface area contributed by atoms with Crippen LogP contribution in [0.1, 0.15) is 12.1 Å². The average molecular weight is 661 g/mol. The van der Waals surface area contributed by atoms with Gasteiger partial charge in [-0.3, -0.25) is 28.4 Å². The van der Waals surface area contributed by atoms with Crippen molar-refractivity contribution < 1.29 is 36.7 Å². The maximum absolute atomic E-state index is 15.9. The molecule has 0 aromatic carbocycles. The molecule has 2 unspecified atom stereocenters. The van der Waals surface area contributed by atoms with Crippen LogP contribution in [0, 0.1) is 0 Å². The van der Waals surface area contributed by atoms with E-state index in [0.717, 1.165) is 5.56 Å². The minimum absolute atomic E-state index is 0.0470. The van der Waals surface area contributed by atoms with Crippen LogP contribution in [-0.4, -0.2) is 70.5 Å². The van der Waals surface area contributed by atoms with Gasteiger partial charge in [0, 0.05) is 30.7 Å². The Morgan fingerprint density at radius 1 is 1.24 bits per heavy atom. The van der Waals surface area contributed by atoms with E-state index in [9.17, 15) is 14.3 Å².